The molecular weight excluding hydrogens is 388 g/mol. The summed E-state index contributed by atoms with van der Waals surface area (Å²) in [5.41, 5.74) is 1.49. The van der Waals surface area contributed by atoms with E-state index in [4.69, 9.17) is 5.41 Å². The minimum Gasteiger partial charge on any atom is -0.468 e. The third-order valence-electron chi connectivity index (χ3n) is 3.39. The van der Waals surface area contributed by atoms with Crippen LogP contribution in [0.3, 0.4) is 0 Å². The number of carbonyl (C=O) groups excluding carboxylic acids is 2. The normalized spacial score (nSPS) is 10.1. The zero-order valence-corrected chi connectivity index (χ0v) is 18.1. The maximum absolute atomic E-state index is 11.4. The Balaban J connectivity index is 0.000000499. The molecule has 156 valence electrons. The maximum atomic E-state index is 11.4. The van der Waals surface area contributed by atoms with Crippen molar-refractivity contribution < 1.29 is 18.5 Å². The quantitative estimate of drug-likeness (QED) is 0.312. The molecule has 0 saturated heterocycles. The van der Waals surface area contributed by atoms with Gasteiger partial charge >= 0.3 is 5.97 Å². The number of methoxy groups -OCH3 is 1. The first-order valence-corrected chi connectivity index (χ1v) is 10.3. The van der Waals surface area contributed by atoms with E-state index in [1.807, 2.05) is 19.9 Å². The van der Waals surface area contributed by atoms with Crippen molar-refractivity contribution in [2.75, 3.05) is 17.8 Å². The summed E-state index contributed by atoms with van der Waals surface area (Å²) in [4.78, 5) is 24.0. The molecule has 2 rings (SSSR count). The molecule has 0 aliphatic rings. The average molecular weight is 417 g/mol. The van der Waals surface area contributed by atoms with E-state index in [0.29, 0.717) is 10.5 Å². The van der Waals surface area contributed by atoms with E-state index in [9.17, 15) is 13.8 Å². The summed E-state index contributed by atoms with van der Waals surface area (Å²) in [6.07, 6.45) is 2.70. The second-order valence-electron chi connectivity index (χ2n) is 5.20. The van der Waals surface area contributed by atoms with E-state index < -0.39 is 16.8 Å². The van der Waals surface area contributed by atoms with Crippen LogP contribution in [0, 0.1) is 5.41 Å². The van der Waals surface area contributed by atoms with Crippen LogP contribution in [0.15, 0.2) is 72.3 Å². The van der Waals surface area contributed by atoms with E-state index in [1.54, 1.807) is 53.4 Å². The van der Waals surface area contributed by atoms with Gasteiger partial charge in [0.2, 0.25) is 0 Å². The van der Waals surface area contributed by atoms with Crippen molar-refractivity contribution in [3.05, 3.63) is 72.9 Å². The topological polar surface area (TPSA) is 87.5 Å². The van der Waals surface area contributed by atoms with E-state index in [1.165, 1.54) is 20.2 Å². The van der Waals surface area contributed by atoms with Crippen molar-refractivity contribution in [3.8, 4) is 0 Å². The summed E-state index contributed by atoms with van der Waals surface area (Å²) in [5.74, 6) is -0.501. The number of anilines is 1. The first kappa shape index (κ1) is 25.9. The van der Waals surface area contributed by atoms with E-state index in [-0.39, 0.29) is 11.5 Å². The van der Waals surface area contributed by atoms with Crippen molar-refractivity contribution >= 4 is 34.6 Å². The lowest BCUT2D eigenvalue weighted by atomic mass is 10.1. The number of nitrogens with zero attached hydrogens (tertiary/aromatic N) is 1. The second kappa shape index (κ2) is 14.9. The van der Waals surface area contributed by atoms with Gasteiger partial charge in [-0.2, -0.15) is 0 Å². The summed E-state index contributed by atoms with van der Waals surface area (Å²) < 4.78 is 15.8. The van der Waals surface area contributed by atoms with Crippen LogP contribution in [-0.4, -0.2) is 35.2 Å². The number of hydrogen-bond donors (Lipinski definition) is 1. The molecule has 0 amide bonds. The van der Waals surface area contributed by atoms with Crippen LogP contribution >= 0.6 is 0 Å². The fourth-order valence-electron chi connectivity index (χ4n) is 1.92. The van der Waals surface area contributed by atoms with Gasteiger partial charge in [0, 0.05) is 22.3 Å². The average Bonchev–Trinajstić information content (AvgIpc) is 2.77. The Morgan fingerprint density at radius 3 is 2.07 bits per heavy atom. The lowest BCUT2D eigenvalue weighted by Crippen LogP contribution is -2.11. The van der Waals surface area contributed by atoms with Crippen LogP contribution in [0.25, 0.3) is 0 Å². The standard InChI is InChI=1S/C11H12N2O.C9H10O3S.C2H6/c1-3-13(8-12)11-6-4-10(5-7-11)9(2)14;1-12-9(10)7-13(11)8-5-3-2-4-6-8;1-2/h3-8,12H,1H2,2H3;2-6H,7H2,1H3;1-2H3. The molecule has 0 bridgehead atoms. The number of esters is 1. The number of Topliss-reactive ketones (excluding diaryl/α,β-unsaturated/α-hetero) is 1. The molecule has 1 atom stereocenters. The molecule has 0 heterocycles. The Hall–Kier alpha value is -3.06. The molecule has 1 N–H and O–H groups in total. The largest absolute Gasteiger partial charge is 0.468 e. The Morgan fingerprint density at radius 2 is 1.66 bits per heavy atom. The van der Waals surface area contributed by atoms with Gasteiger partial charge in [-0.05, 0) is 43.3 Å². The molecule has 0 saturated carbocycles. The van der Waals surface area contributed by atoms with Crippen molar-refractivity contribution in [2.45, 2.75) is 25.7 Å². The van der Waals surface area contributed by atoms with Gasteiger partial charge < -0.3 is 9.64 Å². The number of nitrogens with one attached hydrogen (secondary N) is 1. The monoisotopic (exact) mass is 416 g/mol. The third kappa shape index (κ3) is 9.62. The molecule has 2 aromatic rings. The molecule has 0 aliphatic carbocycles. The van der Waals surface area contributed by atoms with Crippen molar-refractivity contribution in [3.63, 3.8) is 0 Å². The Morgan fingerprint density at radius 1 is 1.10 bits per heavy atom. The van der Waals surface area contributed by atoms with Gasteiger partial charge in [-0.3, -0.25) is 19.2 Å². The van der Waals surface area contributed by atoms with Crippen LogP contribution in [0.5, 0.6) is 0 Å². The summed E-state index contributed by atoms with van der Waals surface area (Å²) in [5, 5.41) is 7.10. The van der Waals surface area contributed by atoms with E-state index >= 15 is 0 Å². The van der Waals surface area contributed by atoms with Gasteiger partial charge in [-0.25, -0.2) is 0 Å². The highest BCUT2D eigenvalue weighted by atomic mass is 32.2. The van der Waals surface area contributed by atoms with Crippen LogP contribution in [0.2, 0.25) is 0 Å². The predicted molar refractivity (Wildman–Crippen MR) is 119 cm³/mol. The van der Waals surface area contributed by atoms with Gasteiger partial charge in [0.1, 0.15) is 5.75 Å². The highest BCUT2D eigenvalue weighted by molar-refractivity contribution is 7.85. The second-order valence-corrected chi connectivity index (χ2v) is 6.65. The molecule has 7 heteroatoms. The number of rotatable bonds is 7. The molecule has 0 radical (unpaired) electrons. The smallest absolute Gasteiger partial charge is 0.318 e. The van der Waals surface area contributed by atoms with Gasteiger partial charge in [0.15, 0.2) is 5.78 Å². The Labute approximate surface area is 175 Å². The highest BCUT2D eigenvalue weighted by Crippen LogP contribution is 2.14. The van der Waals surface area contributed by atoms with Crippen LogP contribution < -0.4 is 4.90 Å². The molecule has 0 aromatic heterocycles. The molecule has 29 heavy (non-hydrogen) atoms. The van der Waals surface area contributed by atoms with Crippen LogP contribution in [0.1, 0.15) is 31.1 Å². The number of benzene rings is 2. The first-order valence-electron chi connectivity index (χ1n) is 8.95. The highest BCUT2D eigenvalue weighted by Gasteiger charge is 2.09. The lowest BCUT2D eigenvalue weighted by Gasteiger charge is -2.12. The van der Waals surface area contributed by atoms with Crippen LogP contribution in [0.4, 0.5) is 5.69 Å². The van der Waals surface area contributed by atoms with Crippen molar-refractivity contribution in [2.24, 2.45) is 0 Å². The number of ether oxygens (including phenoxy) is 1. The lowest BCUT2D eigenvalue weighted by molar-refractivity contribution is -0.137. The Bertz CT molecular complexity index is 797. The molecule has 0 fully saturated rings. The molecule has 6 nitrogen and oxygen atoms in total. The van der Waals surface area contributed by atoms with Crippen molar-refractivity contribution in [1.82, 2.24) is 0 Å². The first-order chi connectivity index (χ1) is 13.9. The Kier molecular flexibility index (Phi) is 13.4. The van der Waals surface area contributed by atoms with Gasteiger partial charge in [-0.15, -0.1) is 0 Å². The number of ketones is 1. The van der Waals surface area contributed by atoms with E-state index in [2.05, 4.69) is 11.3 Å². The summed E-state index contributed by atoms with van der Waals surface area (Å²) >= 11 is 0. The summed E-state index contributed by atoms with van der Waals surface area (Å²) in [6, 6.07) is 15.9. The summed E-state index contributed by atoms with van der Waals surface area (Å²) in [6.45, 7) is 9.10. The number of carbonyl (C=O) groups is 2. The molecular formula is C22H28N2O4S. The fourth-order valence-corrected chi connectivity index (χ4v) is 2.88. The van der Waals surface area contributed by atoms with Gasteiger partial charge in [0.05, 0.1) is 24.2 Å². The minimum atomic E-state index is -1.29. The third-order valence-corrected chi connectivity index (χ3v) is 4.69. The summed E-state index contributed by atoms with van der Waals surface area (Å²) in [7, 11) is -0.00565. The van der Waals surface area contributed by atoms with Crippen molar-refractivity contribution in [1.29, 1.82) is 5.41 Å². The van der Waals surface area contributed by atoms with E-state index in [0.717, 1.165) is 12.0 Å². The minimum absolute atomic E-state index is 0.0385. The molecule has 1 unspecified atom stereocenters. The zero-order chi connectivity index (χ0) is 22.2. The van der Waals surface area contributed by atoms with Gasteiger partial charge in [0.25, 0.3) is 0 Å². The maximum Gasteiger partial charge on any atom is 0.318 e. The van der Waals surface area contributed by atoms with Crippen LogP contribution in [-0.2, 0) is 20.3 Å². The number of hydrogen-bond acceptors (Lipinski definition) is 5. The molecule has 0 aliphatic heterocycles. The zero-order valence-electron chi connectivity index (χ0n) is 17.3. The SMILES string of the molecule is C=CN(C=N)c1ccc(C(C)=O)cc1.CC.COC(=O)CS(=O)c1ccccc1. The predicted octanol–water partition coefficient (Wildman–Crippen LogP) is 4.44. The van der Waals surface area contributed by atoms with Gasteiger partial charge in [-0.1, -0.05) is 38.6 Å². The molecule has 2 aromatic carbocycles. The molecule has 0 spiro atoms. The fraction of sp³-hybridized carbons (Fsp3) is 0.227.